The highest BCUT2D eigenvalue weighted by molar-refractivity contribution is 5.83. The number of imidazole rings is 1. The van der Waals surface area contributed by atoms with Crippen molar-refractivity contribution in [3.05, 3.63) is 72.6 Å². The molecule has 0 fully saturated rings. The molecule has 4 rings (SSSR count). The Balaban J connectivity index is 1.34. The van der Waals surface area contributed by atoms with Gasteiger partial charge in [0.05, 0.1) is 17.6 Å². The third kappa shape index (κ3) is 5.45. The van der Waals surface area contributed by atoms with E-state index in [0.717, 1.165) is 48.4 Å². The number of hydrogen-bond donors (Lipinski definition) is 1. The van der Waals surface area contributed by atoms with Gasteiger partial charge in [0.25, 0.3) is 0 Å². The van der Waals surface area contributed by atoms with Crippen LogP contribution in [0.1, 0.15) is 18.7 Å². The lowest BCUT2D eigenvalue weighted by molar-refractivity contribution is -0.124. The van der Waals surface area contributed by atoms with Crippen molar-refractivity contribution in [1.82, 2.24) is 14.9 Å². The van der Waals surface area contributed by atoms with E-state index < -0.39 is 0 Å². The summed E-state index contributed by atoms with van der Waals surface area (Å²) in [5, 5.41) is 5.27. The molecule has 3 aromatic carbocycles. The zero-order valence-electron chi connectivity index (χ0n) is 18.4. The van der Waals surface area contributed by atoms with Gasteiger partial charge in [0.1, 0.15) is 18.2 Å². The third-order valence-corrected chi connectivity index (χ3v) is 5.42. The summed E-state index contributed by atoms with van der Waals surface area (Å²) >= 11 is 0. The van der Waals surface area contributed by atoms with E-state index in [1.165, 1.54) is 17.9 Å². The first kappa shape index (κ1) is 21.8. The first-order valence-electron chi connectivity index (χ1n) is 11.1. The molecule has 0 bridgehead atoms. The largest absolute Gasteiger partial charge is 0.494 e. The quantitative estimate of drug-likeness (QED) is 0.359. The highest BCUT2D eigenvalue weighted by Gasteiger charge is 2.10. The summed E-state index contributed by atoms with van der Waals surface area (Å²) in [7, 11) is 1.52. The van der Waals surface area contributed by atoms with Crippen LogP contribution in [0.3, 0.4) is 0 Å². The number of aryl methyl sites for hydroxylation is 2. The van der Waals surface area contributed by atoms with Crippen LogP contribution < -0.4 is 10.1 Å². The number of fused-ring (bicyclic) bond motifs is 2. The molecular weight excluding hydrogens is 402 g/mol. The maximum Gasteiger partial charge on any atom is 0.245 e. The molecule has 166 valence electrons. The van der Waals surface area contributed by atoms with Crippen molar-refractivity contribution in [1.29, 1.82) is 0 Å². The van der Waals surface area contributed by atoms with Crippen LogP contribution in [-0.4, -0.2) is 42.3 Å². The molecule has 1 aromatic heterocycles. The molecule has 1 N–H and O–H groups in total. The lowest BCUT2D eigenvalue weighted by Gasteiger charge is -2.11. The van der Waals surface area contributed by atoms with Gasteiger partial charge in [-0.05, 0) is 47.9 Å². The Kier molecular flexibility index (Phi) is 7.35. The summed E-state index contributed by atoms with van der Waals surface area (Å²) < 4.78 is 13.1. The van der Waals surface area contributed by atoms with Crippen LogP contribution in [0.25, 0.3) is 21.8 Å². The fourth-order valence-corrected chi connectivity index (χ4v) is 3.89. The number of benzene rings is 3. The number of rotatable bonds is 11. The van der Waals surface area contributed by atoms with E-state index in [1.54, 1.807) is 0 Å². The Morgan fingerprint density at radius 2 is 1.81 bits per heavy atom. The monoisotopic (exact) mass is 431 g/mol. The molecule has 0 atom stereocenters. The van der Waals surface area contributed by atoms with Crippen molar-refractivity contribution in [3.63, 3.8) is 0 Å². The Morgan fingerprint density at radius 1 is 1.00 bits per heavy atom. The summed E-state index contributed by atoms with van der Waals surface area (Å²) in [6.07, 6.45) is 2.50. The number of nitrogens with one attached hydrogen (secondary N) is 1. The zero-order valence-corrected chi connectivity index (χ0v) is 18.4. The fourth-order valence-electron chi connectivity index (χ4n) is 3.89. The topological polar surface area (TPSA) is 65.4 Å². The zero-order chi connectivity index (χ0) is 22.2. The van der Waals surface area contributed by atoms with Gasteiger partial charge in [-0.2, -0.15) is 0 Å². The molecule has 0 spiro atoms. The van der Waals surface area contributed by atoms with Crippen LogP contribution in [0, 0.1) is 0 Å². The van der Waals surface area contributed by atoms with Gasteiger partial charge in [0.2, 0.25) is 5.91 Å². The Bertz CT molecular complexity index is 1190. The molecular formula is C26H29N3O3. The van der Waals surface area contributed by atoms with Crippen molar-refractivity contribution in [2.45, 2.75) is 25.8 Å². The van der Waals surface area contributed by atoms with Gasteiger partial charge in [-0.15, -0.1) is 0 Å². The second kappa shape index (κ2) is 10.8. The molecule has 6 nitrogen and oxygen atoms in total. The maximum absolute atomic E-state index is 11.6. The molecule has 0 aliphatic rings. The predicted molar refractivity (Wildman–Crippen MR) is 127 cm³/mol. The molecule has 0 saturated heterocycles. The van der Waals surface area contributed by atoms with E-state index in [1.807, 2.05) is 36.4 Å². The normalized spacial score (nSPS) is 11.2. The van der Waals surface area contributed by atoms with E-state index >= 15 is 0 Å². The van der Waals surface area contributed by atoms with E-state index in [9.17, 15) is 4.79 Å². The average Bonchev–Trinajstić information content (AvgIpc) is 3.17. The molecule has 32 heavy (non-hydrogen) atoms. The van der Waals surface area contributed by atoms with E-state index in [4.69, 9.17) is 14.5 Å². The Labute approximate surface area is 188 Å². The SMILES string of the molecule is COCC(=O)NCCCc1nc2ccccc2n1CCCOc1ccc2ccccc2c1. The molecule has 0 unspecified atom stereocenters. The summed E-state index contributed by atoms with van der Waals surface area (Å²) in [4.78, 5) is 16.4. The number of ether oxygens (including phenoxy) is 2. The van der Waals surface area contributed by atoms with Crippen LogP contribution in [0.15, 0.2) is 66.7 Å². The van der Waals surface area contributed by atoms with Crippen LogP contribution in [0.2, 0.25) is 0 Å². The standard InChI is InChI=1S/C26H29N3O3/c1-31-19-26(30)27-15-6-12-25-28-23-10-4-5-11-24(23)29(25)16-7-17-32-22-14-13-20-8-2-3-9-21(20)18-22/h2-5,8-11,13-14,18H,6-7,12,15-17,19H2,1H3,(H,27,30). The number of nitrogens with zero attached hydrogens (tertiary/aromatic N) is 2. The number of hydrogen-bond acceptors (Lipinski definition) is 4. The minimum Gasteiger partial charge on any atom is -0.494 e. The van der Waals surface area contributed by atoms with Crippen LogP contribution in [0.4, 0.5) is 0 Å². The van der Waals surface area contributed by atoms with Gasteiger partial charge in [0.15, 0.2) is 0 Å². The van der Waals surface area contributed by atoms with Gasteiger partial charge in [0, 0.05) is 26.6 Å². The summed E-state index contributed by atoms with van der Waals surface area (Å²) in [5.41, 5.74) is 2.14. The lowest BCUT2D eigenvalue weighted by atomic mass is 10.1. The van der Waals surface area contributed by atoms with Crippen molar-refractivity contribution in [3.8, 4) is 5.75 Å². The van der Waals surface area contributed by atoms with Crippen molar-refractivity contribution >= 4 is 27.7 Å². The molecule has 4 aromatic rings. The minimum atomic E-state index is -0.0909. The fraction of sp³-hybridized carbons (Fsp3) is 0.308. The first-order valence-corrected chi connectivity index (χ1v) is 11.1. The molecule has 0 radical (unpaired) electrons. The summed E-state index contributed by atoms with van der Waals surface area (Å²) in [6, 6.07) is 22.7. The van der Waals surface area contributed by atoms with Crippen molar-refractivity contribution < 1.29 is 14.3 Å². The average molecular weight is 432 g/mol. The third-order valence-electron chi connectivity index (χ3n) is 5.42. The summed E-state index contributed by atoms with van der Waals surface area (Å²) in [6.45, 7) is 2.17. The van der Waals surface area contributed by atoms with Crippen LogP contribution >= 0.6 is 0 Å². The molecule has 6 heteroatoms. The van der Waals surface area contributed by atoms with E-state index in [2.05, 4.69) is 40.2 Å². The Morgan fingerprint density at radius 3 is 2.69 bits per heavy atom. The maximum atomic E-state index is 11.6. The summed E-state index contributed by atoms with van der Waals surface area (Å²) in [5.74, 6) is 1.84. The van der Waals surface area contributed by atoms with E-state index in [-0.39, 0.29) is 12.5 Å². The molecule has 0 aliphatic carbocycles. The lowest BCUT2D eigenvalue weighted by Crippen LogP contribution is -2.28. The smallest absolute Gasteiger partial charge is 0.245 e. The first-order chi connectivity index (χ1) is 15.7. The molecule has 0 aliphatic heterocycles. The van der Waals surface area contributed by atoms with Gasteiger partial charge < -0.3 is 19.4 Å². The second-order valence-corrected chi connectivity index (χ2v) is 7.77. The van der Waals surface area contributed by atoms with Crippen LogP contribution in [0.5, 0.6) is 5.75 Å². The second-order valence-electron chi connectivity index (χ2n) is 7.77. The Hall–Kier alpha value is -3.38. The van der Waals surface area contributed by atoms with Crippen LogP contribution in [-0.2, 0) is 22.5 Å². The number of para-hydroxylation sites is 2. The van der Waals surface area contributed by atoms with Gasteiger partial charge in [-0.3, -0.25) is 4.79 Å². The number of carbonyl (C=O) groups excluding carboxylic acids is 1. The van der Waals surface area contributed by atoms with Gasteiger partial charge in [-0.25, -0.2) is 4.98 Å². The number of amides is 1. The highest BCUT2D eigenvalue weighted by atomic mass is 16.5. The highest BCUT2D eigenvalue weighted by Crippen LogP contribution is 2.21. The number of aromatic nitrogens is 2. The number of methoxy groups -OCH3 is 1. The van der Waals surface area contributed by atoms with Gasteiger partial charge in [-0.1, -0.05) is 42.5 Å². The van der Waals surface area contributed by atoms with E-state index in [0.29, 0.717) is 13.2 Å². The molecule has 1 heterocycles. The molecule has 0 saturated carbocycles. The minimum absolute atomic E-state index is 0.0909. The molecule has 1 amide bonds. The van der Waals surface area contributed by atoms with Crippen molar-refractivity contribution in [2.24, 2.45) is 0 Å². The van der Waals surface area contributed by atoms with Crippen molar-refractivity contribution in [2.75, 3.05) is 26.9 Å². The number of carbonyl (C=O) groups is 1. The van der Waals surface area contributed by atoms with Gasteiger partial charge >= 0.3 is 0 Å². The predicted octanol–water partition coefficient (Wildman–Crippen LogP) is 4.35.